The van der Waals surface area contributed by atoms with Crippen LogP contribution in [0.25, 0.3) is 11.0 Å². The molecule has 32 heavy (non-hydrogen) atoms. The molecule has 2 nitrogen and oxygen atoms in total. The monoisotopic (exact) mass is 674 g/mol. The summed E-state index contributed by atoms with van der Waals surface area (Å²) in [6.45, 7) is 29.0. The Morgan fingerprint density at radius 1 is 0.594 bits per heavy atom. The van der Waals surface area contributed by atoms with Crippen LogP contribution in [-0.2, 0) is 12.6 Å². The molecule has 7 heteroatoms. The van der Waals surface area contributed by atoms with Gasteiger partial charge in [0.15, 0.2) is 0 Å². The van der Waals surface area contributed by atoms with Gasteiger partial charge in [-0.2, -0.15) is 0 Å². The van der Waals surface area contributed by atoms with Crippen molar-refractivity contribution in [3.05, 3.63) is 28.6 Å². The van der Waals surface area contributed by atoms with E-state index in [1.807, 2.05) is 0 Å². The van der Waals surface area contributed by atoms with Gasteiger partial charge in [0.05, 0.1) is 0 Å². The number of nitrogens with zero attached hydrogens (tertiary/aromatic N) is 2. The number of para-hydroxylation sites is 2. The van der Waals surface area contributed by atoms with Crippen molar-refractivity contribution < 1.29 is 0 Å². The maximum absolute atomic E-state index is 3.78. The van der Waals surface area contributed by atoms with Crippen LogP contribution in [-0.4, -0.2) is 75.5 Å². The number of imidazole rings is 1. The summed E-state index contributed by atoms with van der Waals surface area (Å²) >= 11 is 11.1. The summed E-state index contributed by atoms with van der Waals surface area (Å²) in [4.78, 5) is 0. The molecule has 0 aliphatic heterocycles. The first-order valence-corrected chi connectivity index (χ1v) is 20.7. The fourth-order valence-corrected chi connectivity index (χ4v) is 14.5. The summed E-state index contributed by atoms with van der Waals surface area (Å²) in [5, 5.41) is 0.889. The predicted molar refractivity (Wildman–Crippen MR) is 153 cm³/mol. The first-order chi connectivity index (χ1) is 14.1. The zero-order valence-corrected chi connectivity index (χ0v) is 29.2. The number of hydrogen-bond donors (Lipinski definition) is 0. The summed E-state index contributed by atoms with van der Waals surface area (Å²) < 4.78 is 6.41. The van der Waals surface area contributed by atoms with Gasteiger partial charge in [0.25, 0.3) is 0 Å². The van der Waals surface area contributed by atoms with Gasteiger partial charge in [0.2, 0.25) is 0 Å². The minimum atomic E-state index is -1.49. The van der Waals surface area contributed by atoms with Gasteiger partial charge in [0, 0.05) is 0 Å². The molecule has 0 spiro atoms. The van der Waals surface area contributed by atoms with Gasteiger partial charge >= 0.3 is 222 Å². The second kappa shape index (κ2) is 9.20. The Kier molecular flexibility index (Phi) is 8.44. The van der Waals surface area contributed by atoms with Crippen molar-refractivity contribution >= 4 is 67.8 Å². The van der Waals surface area contributed by atoms with Crippen LogP contribution >= 0.6 is 11.0 Å². The normalized spacial score (nSPS) is 14.9. The average molecular weight is 671 g/mol. The fraction of sp³-hybridized carbons (Fsp3) is 0.720. The van der Waals surface area contributed by atoms with Crippen molar-refractivity contribution in [3.63, 3.8) is 0 Å². The van der Waals surface area contributed by atoms with Crippen LogP contribution in [0.5, 0.6) is 0 Å². The Morgan fingerprint density at radius 2 is 0.844 bits per heavy atom. The van der Waals surface area contributed by atoms with Crippen molar-refractivity contribution in [1.82, 2.24) is 9.13 Å². The Labute approximate surface area is 220 Å². The maximum atomic E-state index is 3.78. The zero-order chi connectivity index (χ0) is 25.1. The molecule has 0 aliphatic rings. The molecule has 0 N–H and O–H groups in total. The van der Waals surface area contributed by atoms with E-state index < -0.39 is 11.0 Å². The number of aromatic nitrogens is 2. The van der Waals surface area contributed by atoms with Gasteiger partial charge in [-0.25, -0.2) is 0 Å². The molecule has 1 aromatic heterocycles. The second-order valence-corrected chi connectivity index (χ2v) is 30.6. The Morgan fingerprint density at radius 3 is 1.06 bits per heavy atom. The molecule has 2 aromatic rings. The van der Waals surface area contributed by atoms with E-state index in [-0.39, 0.29) is 20.6 Å². The molecule has 0 fully saturated rings. The fourth-order valence-electron chi connectivity index (χ4n) is 4.81. The molecule has 2 rings (SSSR count). The standard InChI is InChI=1S/C25H44N2P2Se3/c1-22(2,3)28(31,23(4,5)6)17-26-19-15-13-14-16-20(19)27(21(26)30)18-29(32,24(7,8)9)25(10,11)12/h13-16H,17-18H2,1-12H3. The van der Waals surface area contributed by atoms with Crippen molar-refractivity contribution in [2.24, 2.45) is 0 Å². The van der Waals surface area contributed by atoms with E-state index in [0.29, 0.717) is 0 Å². The molecule has 0 unspecified atom stereocenters. The molecule has 0 saturated heterocycles. The quantitative estimate of drug-likeness (QED) is 0.236. The molecule has 0 bridgehead atoms. The number of rotatable bonds is 4. The van der Waals surface area contributed by atoms with Gasteiger partial charge in [0.1, 0.15) is 0 Å². The SMILES string of the molecule is CC(C)(C)P(=[Se])(Cn1c(=[Se])n(CP(=[Se])(C(C)(C)C)C(C)(C)C)c2ccccc21)C(C)(C)C. The number of hydrogen-bond acceptors (Lipinski definition) is 0. The zero-order valence-electron chi connectivity index (χ0n) is 22.2. The van der Waals surface area contributed by atoms with Crippen molar-refractivity contribution in [2.45, 2.75) is 116 Å². The summed E-state index contributed by atoms with van der Waals surface area (Å²) in [6, 6.07) is 8.97. The molecule has 0 amide bonds. The minimum absolute atomic E-state index is 0.222. The van der Waals surface area contributed by atoms with Crippen LogP contribution in [0, 0.1) is 4.32 Å². The van der Waals surface area contributed by atoms with E-state index in [2.05, 4.69) is 162 Å². The predicted octanol–water partition coefficient (Wildman–Crippen LogP) is 7.45. The van der Waals surface area contributed by atoms with E-state index in [1.54, 1.807) is 0 Å². The van der Waals surface area contributed by atoms with Gasteiger partial charge in [-0.3, -0.25) is 0 Å². The van der Waals surface area contributed by atoms with Crippen LogP contribution in [0.2, 0.25) is 0 Å². The second-order valence-electron chi connectivity index (χ2n) is 13.1. The first kappa shape index (κ1) is 29.3. The summed E-state index contributed by atoms with van der Waals surface area (Å²) in [5.74, 6) is 0. The van der Waals surface area contributed by atoms with E-state index in [1.165, 1.54) is 15.4 Å². The first-order valence-electron chi connectivity index (χ1n) is 11.5. The van der Waals surface area contributed by atoms with Gasteiger partial charge < -0.3 is 0 Å². The topological polar surface area (TPSA) is 9.86 Å². The van der Waals surface area contributed by atoms with E-state index in [4.69, 9.17) is 0 Å². The van der Waals surface area contributed by atoms with E-state index in [0.717, 1.165) is 12.6 Å². The summed E-state index contributed by atoms with van der Waals surface area (Å²) in [6.07, 6.45) is 2.08. The Balaban J connectivity index is 2.83. The molecule has 0 aliphatic carbocycles. The van der Waals surface area contributed by atoms with Gasteiger partial charge in [-0.05, 0) is 0 Å². The summed E-state index contributed by atoms with van der Waals surface area (Å²) in [5.41, 5.74) is -0.301. The molecule has 1 aromatic carbocycles. The summed E-state index contributed by atoms with van der Waals surface area (Å²) in [7, 11) is 0. The van der Waals surface area contributed by atoms with Crippen LogP contribution < -0.4 is 0 Å². The van der Waals surface area contributed by atoms with Gasteiger partial charge in [-0.1, -0.05) is 0 Å². The van der Waals surface area contributed by atoms with Gasteiger partial charge in [-0.15, -0.1) is 0 Å². The van der Waals surface area contributed by atoms with Crippen molar-refractivity contribution in [2.75, 3.05) is 0 Å². The van der Waals surface area contributed by atoms with Crippen LogP contribution in [0.15, 0.2) is 24.3 Å². The molecule has 0 atom stereocenters. The van der Waals surface area contributed by atoms with Crippen LogP contribution in [0.1, 0.15) is 83.1 Å². The molecular weight excluding hydrogens is 627 g/mol. The third kappa shape index (κ3) is 5.13. The van der Waals surface area contributed by atoms with Crippen LogP contribution in [0.3, 0.4) is 0 Å². The average Bonchev–Trinajstić information content (AvgIpc) is 2.83. The molecule has 0 saturated carbocycles. The molecular formula is C25H44N2P2Se3. The molecule has 1 heterocycles. The van der Waals surface area contributed by atoms with Crippen molar-refractivity contribution in [3.8, 4) is 0 Å². The van der Waals surface area contributed by atoms with Crippen LogP contribution in [0.4, 0.5) is 0 Å². The Hall–Kier alpha value is 1.11. The van der Waals surface area contributed by atoms with E-state index >= 15 is 0 Å². The number of fused-ring (bicyclic) bond motifs is 1. The molecule has 0 radical (unpaired) electrons. The van der Waals surface area contributed by atoms with Crippen molar-refractivity contribution in [1.29, 1.82) is 0 Å². The third-order valence-electron chi connectivity index (χ3n) is 6.94. The third-order valence-corrected chi connectivity index (χ3v) is 33.1. The molecule has 182 valence electrons. The van der Waals surface area contributed by atoms with E-state index in [9.17, 15) is 0 Å². The Bertz CT molecular complexity index is 1020. The number of benzene rings is 1.